The first kappa shape index (κ1) is 36.2. The smallest absolute Gasteiger partial charge is 0.276 e. The molecule has 0 amide bonds. The Hall–Kier alpha value is -2.04. The largest absolute Gasteiger partial charge is 0.410 e. The molecular formula is C38H58N2O5SSi. The lowest BCUT2D eigenvalue weighted by molar-refractivity contribution is -0.297. The molecule has 7 nitrogen and oxygen atoms in total. The topological polar surface area (TPSA) is 86.2 Å². The first-order valence-corrected chi connectivity index (χ1v) is 22.0. The maximum absolute atomic E-state index is 13.2. The zero-order valence-corrected chi connectivity index (χ0v) is 32.0. The Labute approximate surface area is 285 Å². The van der Waals surface area contributed by atoms with Gasteiger partial charge in [0.05, 0.1) is 24.2 Å². The number of nitrogens with zero attached hydrogens (tertiary/aromatic N) is 1. The number of rotatable bonds is 11. The summed E-state index contributed by atoms with van der Waals surface area (Å²) >= 11 is 0. The fourth-order valence-corrected chi connectivity index (χ4v) is 9.31. The average Bonchev–Trinajstić information content (AvgIpc) is 3.51. The minimum atomic E-state index is -3.79. The molecule has 5 rings (SSSR count). The van der Waals surface area contributed by atoms with Crippen LogP contribution in [0.25, 0.3) is 0 Å². The molecule has 0 radical (unpaired) electrons. The monoisotopic (exact) mass is 682 g/mol. The second-order valence-corrected chi connectivity index (χ2v) is 23.1. The van der Waals surface area contributed by atoms with E-state index in [0.717, 1.165) is 42.5 Å². The molecule has 2 aromatic carbocycles. The van der Waals surface area contributed by atoms with Gasteiger partial charge >= 0.3 is 0 Å². The molecule has 1 saturated heterocycles. The minimum absolute atomic E-state index is 0.000782. The third kappa shape index (κ3) is 8.23. The maximum atomic E-state index is 13.2. The summed E-state index contributed by atoms with van der Waals surface area (Å²) in [5.41, 5.74) is 4.26. The number of aryl methyl sites for hydroxylation is 1. The number of benzene rings is 2. The van der Waals surface area contributed by atoms with Crippen LogP contribution in [0.1, 0.15) is 115 Å². The van der Waals surface area contributed by atoms with Crippen LogP contribution < -0.4 is 4.83 Å². The Bertz CT molecular complexity index is 1500. The number of sulfonamides is 1. The number of hydrogen-bond donors (Lipinski definition) is 1. The summed E-state index contributed by atoms with van der Waals surface area (Å²) in [6.07, 6.45) is 6.86. The molecular weight excluding hydrogens is 625 g/mol. The first-order chi connectivity index (χ1) is 21.9. The fraction of sp³-hybridized carbons (Fsp3) is 0.658. The van der Waals surface area contributed by atoms with Gasteiger partial charge in [-0.25, -0.2) is 4.83 Å². The molecule has 2 saturated carbocycles. The molecule has 1 spiro atoms. The van der Waals surface area contributed by atoms with Gasteiger partial charge < -0.3 is 13.9 Å². The summed E-state index contributed by atoms with van der Waals surface area (Å²) in [5.74, 6) is -0.0611. The molecule has 0 bridgehead atoms. The Morgan fingerprint density at radius 1 is 1.00 bits per heavy atom. The van der Waals surface area contributed by atoms with Crippen molar-refractivity contribution in [2.75, 3.05) is 13.2 Å². The molecule has 1 aliphatic heterocycles. The SMILES string of the molecule is CCCCC[C@H](O[Si](C)(C)C(C)(C)C)c1ccc([C@H]2/C(=N\NS(=O)(=O)c3ccc(C)cc3)C[C@@H]3CC4(C[C@@H]32)OCC(C)(C)CO4)cc1. The van der Waals surface area contributed by atoms with Crippen molar-refractivity contribution >= 4 is 24.1 Å². The molecule has 2 aliphatic carbocycles. The summed E-state index contributed by atoms with van der Waals surface area (Å²) in [4.78, 5) is 2.80. The van der Waals surface area contributed by atoms with Crippen LogP contribution >= 0.6 is 0 Å². The van der Waals surface area contributed by atoms with Crippen LogP contribution in [0.3, 0.4) is 0 Å². The molecule has 3 aliphatic rings. The van der Waals surface area contributed by atoms with Crippen molar-refractivity contribution in [2.24, 2.45) is 22.4 Å². The van der Waals surface area contributed by atoms with E-state index < -0.39 is 24.1 Å². The van der Waals surface area contributed by atoms with Gasteiger partial charge in [-0.15, -0.1) is 0 Å². The molecule has 1 N–H and O–H groups in total. The predicted octanol–water partition coefficient (Wildman–Crippen LogP) is 9.26. The lowest BCUT2D eigenvalue weighted by Crippen LogP contribution is -2.46. The third-order valence-electron chi connectivity index (χ3n) is 11.1. The van der Waals surface area contributed by atoms with E-state index in [1.165, 1.54) is 18.4 Å². The van der Waals surface area contributed by atoms with Crippen LogP contribution in [-0.2, 0) is 23.9 Å². The Morgan fingerprint density at radius 3 is 2.23 bits per heavy atom. The highest BCUT2D eigenvalue weighted by Gasteiger charge is 2.57. The van der Waals surface area contributed by atoms with E-state index in [0.29, 0.717) is 25.6 Å². The second kappa shape index (κ2) is 13.7. The van der Waals surface area contributed by atoms with Crippen LogP contribution in [-0.4, -0.2) is 41.4 Å². The average molecular weight is 683 g/mol. The third-order valence-corrected chi connectivity index (χ3v) is 16.8. The minimum Gasteiger partial charge on any atom is -0.410 e. The van der Waals surface area contributed by atoms with Crippen molar-refractivity contribution in [1.82, 2.24) is 4.83 Å². The van der Waals surface area contributed by atoms with E-state index in [1.807, 2.05) is 6.92 Å². The van der Waals surface area contributed by atoms with E-state index in [4.69, 9.17) is 13.9 Å². The summed E-state index contributed by atoms with van der Waals surface area (Å²) in [5, 5.41) is 4.78. The van der Waals surface area contributed by atoms with Crippen LogP contribution in [0.4, 0.5) is 0 Å². The van der Waals surface area contributed by atoms with Crippen molar-refractivity contribution in [2.45, 2.75) is 134 Å². The molecule has 0 aromatic heterocycles. The zero-order chi connectivity index (χ0) is 34.3. The number of unbranched alkanes of at least 4 members (excludes halogenated alkanes) is 2. The standard InChI is InChI=1S/C38H58N2O5SSi/c1-10-11-12-13-34(45-47(8,9)36(3,4)5)28-16-18-29(19-17-28)35-32-24-38(43-25-37(6,7)26-44-38)23-30(32)22-33(35)39-40-46(41,42)31-20-14-27(2)15-21-31/h14-21,30,32,34-35,40H,10-13,22-26H2,1-9H3/b39-33-/t30-,32+,34+,35-/m1/s1. The van der Waals surface area contributed by atoms with Crippen molar-refractivity contribution in [3.63, 3.8) is 0 Å². The van der Waals surface area contributed by atoms with Crippen LogP contribution in [0.2, 0.25) is 18.1 Å². The molecule has 0 unspecified atom stereocenters. The molecule has 1 heterocycles. The zero-order valence-electron chi connectivity index (χ0n) is 30.2. The fourth-order valence-electron chi connectivity index (χ4n) is 7.16. The van der Waals surface area contributed by atoms with Gasteiger partial charge in [-0.1, -0.05) is 103 Å². The van der Waals surface area contributed by atoms with E-state index in [2.05, 4.69) is 88.8 Å². The van der Waals surface area contributed by atoms with Gasteiger partial charge in [-0.05, 0) is 73.0 Å². The number of ether oxygens (including phenoxy) is 2. The van der Waals surface area contributed by atoms with Gasteiger partial charge in [-0.3, -0.25) is 0 Å². The lowest BCUT2D eigenvalue weighted by Gasteiger charge is -2.42. The van der Waals surface area contributed by atoms with Crippen molar-refractivity contribution in [1.29, 1.82) is 0 Å². The van der Waals surface area contributed by atoms with Crippen LogP contribution in [0.15, 0.2) is 58.5 Å². The molecule has 9 heteroatoms. The highest BCUT2D eigenvalue weighted by Crippen LogP contribution is 2.57. The Kier molecular flexibility index (Phi) is 10.6. The van der Waals surface area contributed by atoms with Crippen molar-refractivity contribution in [3.8, 4) is 0 Å². The summed E-state index contributed by atoms with van der Waals surface area (Å²) in [7, 11) is -5.78. The number of hydrogen-bond acceptors (Lipinski definition) is 6. The van der Waals surface area contributed by atoms with Crippen molar-refractivity contribution in [3.05, 3.63) is 65.2 Å². The van der Waals surface area contributed by atoms with E-state index >= 15 is 0 Å². The number of fused-ring (bicyclic) bond motifs is 1. The number of nitrogens with one attached hydrogen (secondary N) is 1. The van der Waals surface area contributed by atoms with Crippen molar-refractivity contribution < 1.29 is 22.3 Å². The lowest BCUT2D eigenvalue weighted by atomic mass is 9.84. The second-order valence-electron chi connectivity index (χ2n) is 16.7. The van der Waals surface area contributed by atoms with Gasteiger partial charge in [0, 0.05) is 29.9 Å². The quantitative estimate of drug-likeness (QED) is 0.145. The van der Waals surface area contributed by atoms with E-state index in [9.17, 15) is 8.42 Å². The highest BCUT2D eigenvalue weighted by molar-refractivity contribution is 7.89. The summed E-state index contributed by atoms with van der Waals surface area (Å²) in [6.45, 7) is 21.4. The highest BCUT2D eigenvalue weighted by atomic mass is 32.2. The normalized spacial score (nSPS) is 25.6. The van der Waals surface area contributed by atoms with Gasteiger partial charge in [0.15, 0.2) is 14.1 Å². The Morgan fingerprint density at radius 2 is 1.64 bits per heavy atom. The van der Waals surface area contributed by atoms with E-state index in [-0.39, 0.29) is 33.3 Å². The molecule has 2 aromatic rings. The Balaban J connectivity index is 1.44. The first-order valence-electron chi connectivity index (χ1n) is 17.6. The molecule has 3 fully saturated rings. The predicted molar refractivity (Wildman–Crippen MR) is 193 cm³/mol. The van der Waals surface area contributed by atoms with Gasteiger partial charge in [-0.2, -0.15) is 13.5 Å². The van der Waals surface area contributed by atoms with Crippen LogP contribution in [0, 0.1) is 24.2 Å². The molecule has 260 valence electrons. The van der Waals surface area contributed by atoms with Crippen LogP contribution in [0.5, 0.6) is 0 Å². The molecule has 47 heavy (non-hydrogen) atoms. The summed E-state index contributed by atoms with van der Waals surface area (Å²) in [6, 6.07) is 15.8. The maximum Gasteiger partial charge on any atom is 0.276 e. The van der Waals surface area contributed by atoms with E-state index in [1.54, 1.807) is 24.3 Å². The van der Waals surface area contributed by atoms with Gasteiger partial charge in [0.1, 0.15) is 0 Å². The molecule has 4 atom stereocenters. The van der Waals surface area contributed by atoms with Gasteiger partial charge in [0.2, 0.25) is 0 Å². The number of hydrazone groups is 1. The van der Waals surface area contributed by atoms with Gasteiger partial charge in [0.25, 0.3) is 10.0 Å². The summed E-state index contributed by atoms with van der Waals surface area (Å²) < 4.78 is 46.4.